The third-order valence-electron chi connectivity index (χ3n) is 6.10. The second kappa shape index (κ2) is 9.20. The number of hydrogen-bond acceptors (Lipinski definition) is 3. The molecule has 6 heteroatoms. The van der Waals surface area contributed by atoms with Crippen molar-refractivity contribution in [1.29, 1.82) is 0 Å². The van der Waals surface area contributed by atoms with Gasteiger partial charge in [0.05, 0.1) is 0 Å². The Kier molecular flexibility index (Phi) is 6.69. The van der Waals surface area contributed by atoms with Gasteiger partial charge in [-0.25, -0.2) is 0 Å². The van der Waals surface area contributed by atoms with Gasteiger partial charge in [0.15, 0.2) is 0 Å². The molecule has 27 heavy (non-hydrogen) atoms. The monoisotopic (exact) mass is 373 g/mol. The molecule has 148 valence electrons. The summed E-state index contributed by atoms with van der Waals surface area (Å²) in [6.07, 6.45) is 10.2. The molecule has 1 aliphatic heterocycles. The van der Waals surface area contributed by atoms with Crippen LogP contribution in [0.5, 0.6) is 0 Å². The summed E-state index contributed by atoms with van der Waals surface area (Å²) in [4.78, 5) is 38.5. The number of aromatic nitrogens is 1. The fraction of sp³-hybridized carbons (Fsp3) is 0.667. The molecule has 2 amide bonds. The minimum absolute atomic E-state index is 0.160. The van der Waals surface area contributed by atoms with E-state index in [-0.39, 0.29) is 22.9 Å². The summed E-state index contributed by atoms with van der Waals surface area (Å²) < 4.78 is 1.43. The number of nitrogens with one attached hydrogen (secondary N) is 1. The molecule has 2 aliphatic rings. The Labute approximate surface area is 160 Å². The van der Waals surface area contributed by atoms with E-state index in [2.05, 4.69) is 5.32 Å². The number of carbonyl (C=O) groups excluding carboxylic acids is 2. The number of likely N-dealkylation sites (tertiary alicyclic amines) is 1. The highest BCUT2D eigenvalue weighted by Gasteiger charge is 2.25. The molecule has 0 spiro atoms. The lowest BCUT2D eigenvalue weighted by Gasteiger charge is -2.32. The van der Waals surface area contributed by atoms with Gasteiger partial charge in [0, 0.05) is 39.3 Å². The molecule has 3 rings (SSSR count). The zero-order valence-corrected chi connectivity index (χ0v) is 16.3. The van der Waals surface area contributed by atoms with Crippen LogP contribution >= 0.6 is 0 Å². The molecule has 2 fully saturated rings. The van der Waals surface area contributed by atoms with Crippen LogP contribution in [0.2, 0.25) is 0 Å². The highest BCUT2D eigenvalue weighted by atomic mass is 16.2. The van der Waals surface area contributed by atoms with Gasteiger partial charge >= 0.3 is 0 Å². The third kappa shape index (κ3) is 5.21. The van der Waals surface area contributed by atoms with E-state index < -0.39 is 0 Å². The van der Waals surface area contributed by atoms with Crippen molar-refractivity contribution in [3.8, 4) is 0 Å². The SMILES string of the molecule is Cn1cccc(C(=O)N2CCC(CNC(=O)CCC3CCCC3)CC2)c1=O. The highest BCUT2D eigenvalue weighted by Crippen LogP contribution is 2.28. The van der Waals surface area contributed by atoms with Crippen molar-refractivity contribution < 1.29 is 9.59 Å². The molecule has 6 nitrogen and oxygen atoms in total. The van der Waals surface area contributed by atoms with Crippen molar-refractivity contribution in [3.63, 3.8) is 0 Å². The first-order chi connectivity index (χ1) is 13.0. The van der Waals surface area contributed by atoms with Crippen LogP contribution < -0.4 is 10.9 Å². The molecule has 1 saturated heterocycles. The maximum Gasteiger partial charge on any atom is 0.263 e. The average molecular weight is 373 g/mol. The normalized spacial score (nSPS) is 18.6. The maximum atomic E-state index is 12.6. The summed E-state index contributed by atoms with van der Waals surface area (Å²) in [5, 5.41) is 3.07. The van der Waals surface area contributed by atoms with Gasteiger partial charge in [-0.3, -0.25) is 14.4 Å². The highest BCUT2D eigenvalue weighted by molar-refractivity contribution is 5.93. The Morgan fingerprint density at radius 3 is 2.52 bits per heavy atom. The third-order valence-corrected chi connectivity index (χ3v) is 6.10. The van der Waals surface area contributed by atoms with Crippen molar-refractivity contribution >= 4 is 11.8 Å². The number of piperidine rings is 1. The van der Waals surface area contributed by atoms with E-state index in [1.54, 1.807) is 30.3 Å². The first-order valence-electron chi connectivity index (χ1n) is 10.3. The van der Waals surface area contributed by atoms with Crippen LogP contribution in [-0.4, -0.2) is 40.9 Å². The summed E-state index contributed by atoms with van der Waals surface area (Å²) in [7, 11) is 1.65. The van der Waals surface area contributed by atoms with Crippen LogP contribution in [0.15, 0.2) is 23.1 Å². The average Bonchev–Trinajstić information content (AvgIpc) is 3.20. The van der Waals surface area contributed by atoms with Gasteiger partial charge in [-0.05, 0) is 43.2 Å². The zero-order chi connectivity index (χ0) is 19.2. The number of aryl methyl sites for hydroxylation is 1. The van der Waals surface area contributed by atoms with Crippen LogP contribution in [0.25, 0.3) is 0 Å². The largest absolute Gasteiger partial charge is 0.356 e. The fourth-order valence-corrected chi connectivity index (χ4v) is 4.25. The molecular weight excluding hydrogens is 342 g/mol. The smallest absolute Gasteiger partial charge is 0.263 e. The Morgan fingerprint density at radius 2 is 1.81 bits per heavy atom. The lowest BCUT2D eigenvalue weighted by Crippen LogP contribution is -2.43. The van der Waals surface area contributed by atoms with E-state index in [9.17, 15) is 14.4 Å². The van der Waals surface area contributed by atoms with Crippen molar-refractivity contribution in [3.05, 3.63) is 34.2 Å². The number of rotatable bonds is 6. The van der Waals surface area contributed by atoms with Crippen LogP contribution in [0.3, 0.4) is 0 Å². The van der Waals surface area contributed by atoms with E-state index in [1.807, 2.05) is 0 Å². The van der Waals surface area contributed by atoms with E-state index in [4.69, 9.17) is 0 Å². The van der Waals surface area contributed by atoms with E-state index in [0.717, 1.165) is 25.2 Å². The molecule has 0 aromatic carbocycles. The maximum absolute atomic E-state index is 12.6. The zero-order valence-electron chi connectivity index (χ0n) is 16.3. The molecule has 1 saturated carbocycles. The first-order valence-corrected chi connectivity index (χ1v) is 10.3. The molecule has 0 bridgehead atoms. The van der Waals surface area contributed by atoms with Crippen molar-refractivity contribution in [2.45, 2.75) is 51.4 Å². The lowest BCUT2D eigenvalue weighted by atomic mass is 9.96. The number of pyridine rings is 1. The second-order valence-corrected chi connectivity index (χ2v) is 8.07. The second-order valence-electron chi connectivity index (χ2n) is 8.07. The summed E-state index contributed by atoms with van der Waals surface area (Å²) in [6.45, 7) is 1.97. The number of amides is 2. The molecule has 1 aliphatic carbocycles. The minimum Gasteiger partial charge on any atom is -0.356 e. The minimum atomic E-state index is -0.251. The summed E-state index contributed by atoms with van der Waals surface area (Å²) in [6, 6.07) is 3.32. The summed E-state index contributed by atoms with van der Waals surface area (Å²) in [5.74, 6) is 1.13. The van der Waals surface area contributed by atoms with E-state index >= 15 is 0 Å². The van der Waals surface area contributed by atoms with Crippen molar-refractivity contribution in [2.75, 3.05) is 19.6 Å². The lowest BCUT2D eigenvalue weighted by molar-refractivity contribution is -0.121. The Hall–Kier alpha value is -2.11. The standard InChI is InChI=1S/C21H31N3O3/c1-23-12-4-7-18(20(23)26)21(27)24-13-10-17(11-14-24)15-22-19(25)9-8-16-5-2-3-6-16/h4,7,12,16-17H,2-3,5-6,8-11,13-15H2,1H3,(H,22,25). The van der Waals surface area contributed by atoms with E-state index in [1.165, 1.54) is 30.3 Å². The van der Waals surface area contributed by atoms with Gasteiger partial charge in [-0.1, -0.05) is 25.7 Å². The van der Waals surface area contributed by atoms with Crippen LogP contribution in [0.1, 0.15) is 61.7 Å². The predicted molar refractivity (Wildman–Crippen MR) is 105 cm³/mol. The number of carbonyl (C=O) groups is 2. The van der Waals surface area contributed by atoms with Gasteiger partial charge in [-0.2, -0.15) is 0 Å². The molecular formula is C21H31N3O3. The predicted octanol–water partition coefficient (Wildman–Crippen LogP) is 2.32. The summed E-state index contributed by atoms with van der Waals surface area (Å²) in [5.41, 5.74) is -0.0159. The Balaban J connectivity index is 1.39. The summed E-state index contributed by atoms with van der Waals surface area (Å²) >= 11 is 0. The van der Waals surface area contributed by atoms with E-state index in [0.29, 0.717) is 32.0 Å². The van der Waals surface area contributed by atoms with Crippen LogP contribution in [0.4, 0.5) is 0 Å². The number of hydrogen-bond donors (Lipinski definition) is 1. The molecule has 1 aromatic heterocycles. The quantitative estimate of drug-likeness (QED) is 0.832. The molecule has 2 heterocycles. The van der Waals surface area contributed by atoms with Crippen molar-refractivity contribution in [1.82, 2.24) is 14.8 Å². The van der Waals surface area contributed by atoms with Gasteiger partial charge in [0.2, 0.25) is 5.91 Å². The van der Waals surface area contributed by atoms with Gasteiger partial charge in [0.1, 0.15) is 5.56 Å². The Bertz CT molecular complexity index is 714. The molecule has 0 atom stereocenters. The molecule has 0 radical (unpaired) electrons. The van der Waals surface area contributed by atoms with Crippen LogP contribution in [-0.2, 0) is 11.8 Å². The first kappa shape index (κ1) is 19.6. The van der Waals surface area contributed by atoms with Gasteiger partial charge < -0.3 is 14.8 Å². The molecule has 0 unspecified atom stereocenters. The fourth-order valence-electron chi connectivity index (χ4n) is 4.25. The topological polar surface area (TPSA) is 71.4 Å². The number of nitrogens with zero attached hydrogens (tertiary/aromatic N) is 2. The van der Waals surface area contributed by atoms with Gasteiger partial charge in [0.25, 0.3) is 11.5 Å². The molecule has 1 N–H and O–H groups in total. The van der Waals surface area contributed by atoms with Crippen LogP contribution in [0, 0.1) is 11.8 Å². The molecule has 1 aromatic rings. The van der Waals surface area contributed by atoms with Gasteiger partial charge in [-0.15, -0.1) is 0 Å². The Morgan fingerprint density at radius 1 is 1.11 bits per heavy atom. The van der Waals surface area contributed by atoms with Crippen molar-refractivity contribution in [2.24, 2.45) is 18.9 Å².